The number of nitrogen functional groups attached to an aromatic ring is 1. The fourth-order valence-electron chi connectivity index (χ4n) is 5.68. The van der Waals surface area contributed by atoms with E-state index in [1.165, 1.54) is 15.6 Å². The van der Waals surface area contributed by atoms with Gasteiger partial charge in [0.25, 0.3) is 10.0 Å². The molecule has 4 aromatic rings. The number of ether oxygens (including phenoxy) is 3. The van der Waals surface area contributed by atoms with Gasteiger partial charge in [-0.3, -0.25) is 0 Å². The van der Waals surface area contributed by atoms with Crippen LogP contribution in [0.5, 0.6) is 11.5 Å². The molecule has 0 aliphatic carbocycles. The molecule has 2 aliphatic rings. The summed E-state index contributed by atoms with van der Waals surface area (Å²) < 4.78 is 46.6. The summed E-state index contributed by atoms with van der Waals surface area (Å²) in [5, 5.41) is 2.12. The first-order valence-corrected chi connectivity index (χ1v) is 17.9. The number of amides is 1. The Morgan fingerprint density at radius 1 is 1.06 bits per heavy atom. The fraction of sp³-hybridized carbons (Fsp3) is 0.314. The molecule has 6 rings (SSSR count). The van der Waals surface area contributed by atoms with Crippen LogP contribution in [0.2, 0.25) is 0 Å². The van der Waals surface area contributed by atoms with Crippen molar-refractivity contribution in [1.82, 2.24) is 9.88 Å². The van der Waals surface area contributed by atoms with Crippen LogP contribution in [-0.4, -0.2) is 63.3 Å². The third kappa shape index (κ3) is 7.07. The third-order valence-corrected chi connectivity index (χ3v) is 10.7. The van der Waals surface area contributed by atoms with Crippen LogP contribution in [-0.2, 0) is 21.3 Å². The van der Waals surface area contributed by atoms with Crippen molar-refractivity contribution in [1.29, 1.82) is 0 Å². The number of hydrogen-bond acceptors (Lipinski definition) is 10. The van der Waals surface area contributed by atoms with E-state index >= 15 is 0 Å². The highest BCUT2D eigenvalue weighted by Gasteiger charge is 2.31. The molecule has 0 unspecified atom stereocenters. The number of methoxy groups -OCH3 is 1. The van der Waals surface area contributed by atoms with Crippen molar-refractivity contribution in [3.63, 3.8) is 0 Å². The molecule has 2 aliphatic heterocycles. The molecule has 13 heteroatoms. The first kappa shape index (κ1) is 33.2. The average Bonchev–Trinajstić information content (AvgIpc) is 3.61. The van der Waals surface area contributed by atoms with Gasteiger partial charge in [0, 0.05) is 47.7 Å². The highest BCUT2D eigenvalue weighted by Crippen LogP contribution is 2.43. The lowest BCUT2D eigenvalue weighted by Crippen LogP contribution is -2.39. The molecule has 11 nitrogen and oxygen atoms in total. The Balaban J connectivity index is 1.30. The first-order valence-electron chi connectivity index (χ1n) is 15.6. The summed E-state index contributed by atoms with van der Waals surface area (Å²) in [7, 11) is -2.44. The van der Waals surface area contributed by atoms with Gasteiger partial charge in [-0.1, -0.05) is 18.2 Å². The second-order valence-electron chi connectivity index (χ2n) is 12.5. The SMILES string of the molecule is COc1ccc(CN(c2nccs2)S(=O)(=O)c2ccc3c(c2)OCCN3c2ccc(N)cc2C2=CCN(C(=O)OC(C)(C)C)CC2)cc1. The average molecular weight is 690 g/mol. The Morgan fingerprint density at radius 2 is 1.83 bits per heavy atom. The number of anilines is 4. The van der Waals surface area contributed by atoms with Gasteiger partial charge in [0.15, 0.2) is 5.13 Å². The van der Waals surface area contributed by atoms with Gasteiger partial charge in [-0.2, -0.15) is 0 Å². The molecule has 2 N–H and O–H groups in total. The summed E-state index contributed by atoms with van der Waals surface area (Å²) >= 11 is 1.25. The maximum absolute atomic E-state index is 14.2. The zero-order chi connectivity index (χ0) is 34.1. The van der Waals surface area contributed by atoms with Gasteiger partial charge in [0.2, 0.25) is 0 Å². The molecule has 0 spiro atoms. The molecule has 1 aromatic heterocycles. The highest BCUT2D eigenvalue weighted by molar-refractivity contribution is 7.93. The van der Waals surface area contributed by atoms with Crippen molar-refractivity contribution in [3.05, 3.63) is 89.4 Å². The molecule has 3 aromatic carbocycles. The smallest absolute Gasteiger partial charge is 0.410 e. The number of fused-ring (bicyclic) bond motifs is 1. The Bertz CT molecular complexity index is 1920. The number of carbonyl (C=O) groups excluding carboxylic acids is 1. The van der Waals surface area contributed by atoms with Gasteiger partial charge in [0.1, 0.15) is 23.7 Å². The zero-order valence-electron chi connectivity index (χ0n) is 27.4. The van der Waals surface area contributed by atoms with Crippen molar-refractivity contribution < 1.29 is 27.4 Å². The van der Waals surface area contributed by atoms with Crippen molar-refractivity contribution in [2.75, 3.05) is 48.3 Å². The molecule has 252 valence electrons. The van der Waals surface area contributed by atoms with E-state index in [1.807, 2.05) is 57.2 Å². The van der Waals surface area contributed by atoms with Crippen molar-refractivity contribution in [2.45, 2.75) is 44.2 Å². The summed E-state index contributed by atoms with van der Waals surface area (Å²) in [5.41, 5.74) is 10.8. The number of benzene rings is 3. The molecule has 0 atom stereocenters. The number of rotatable bonds is 8. The van der Waals surface area contributed by atoms with Crippen molar-refractivity contribution in [2.24, 2.45) is 0 Å². The molecule has 48 heavy (non-hydrogen) atoms. The standard InChI is InChI=1S/C35H39N5O6S2/c1-35(2,3)46-34(41)38-16-13-25(14-17-38)29-21-26(36)7-11-30(29)39-18-19-45-32-22-28(10-12-31(32)39)48(42,43)40(33-37-15-20-47-33)23-24-5-8-27(44-4)9-6-24/h5-13,15,20-22H,14,16-19,23,36H2,1-4H3. The van der Waals surface area contributed by atoms with Crippen LogP contribution in [0.3, 0.4) is 0 Å². The van der Waals surface area contributed by atoms with Crippen molar-refractivity contribution in [3.8, 4) is 11.5 Å². The molecule has 0 radical (unpaired) electrons. The Hall–Kier alpha value is -4.75. The maximum Gasteiger partial charge on any atom is 0.410 e. The van der Waals surface area contributed by atoms with Gasteiger partial charge < -0.3 is 29.7 Å². The summed E-state index contributed by atoms with van der Waals surface area (Å²) in [5.74, 6) is 1.15. The number of thiazole rings is 1. The largest absolute Gasteiger partial charge is 0.497 e. The van der Waals surface area contributed by atoms with Gasteiger partial charge in [-0.25, -0.2) is 22.5 Å². The van der Waals surface area contributed by atoms with Crippen LogP contribution in [0.15, 0.2) is 83.2 Å². The minimum absolute atomic E-state index is 0.0964. The number of carbonyl (C=O) groups is 1. The second kappa shape index (κ2) is 13.4. The van der Waals surface area contributed by atoms with E-state index in [2.05, 4.69) is 9.88 Å². The zero-order valence-corrected chi connectivity index (χ0v) is 29.0. The third-order valence-electron chi connectivity index (χ3n) is 8.02. The number of sulfonamides is 1. The summed E-state index contributed by atoms with van der Waals surface area (Å²) in [4.78, 5) is 20.9. The second-order valence-corrected chi connectivity index (χ2v) is 15.2. The number of nitrogens with zero attached hydrogens (tertiary/aromatic N) is 4. The van der Waals surface area contributed by atoms with Crippen LogP contribution >= 0.6 is 11.3 Å². The normalized spacial score (nSPS) is 14.9. The first-order chi connectivity index (χ1) is 22.9. The molecule has 1 amide bonds. The lowest BCUT2D eigenvalue weighted by atomic mass is 9.96. The van der Waals surface area contributed by atoms with E-state index in [0.717, 1.165) is 28.1 Å². The highest BCUT2D eigenvalue weighted by atomic mass is 32.2. The molecule has 0 saturated heterocycles. The molecule has 0 fully saturated rings. The van der Waals surface area contributed by atoms with E-state index in [9.17, 15) is 13.2 Å². The van der Waals surface area contributed by atoms with E-state index in [0.29, 0.717) is 55.0 Å². The molecule has 3 heterocycles. The quantitative estimate of drug-likeness (QED) is 0.202. The van der Waals surface area contributed by atoms with Crippen LogP contribution in [0.25, 0.3) is 5.57 Å². The van der Waals surface area contributed by atoms with E-state index in [4.69, 9.17) is 19.9 Å². The molecule has 0 saturated carbocycles. The minimum Gasteiger partial charge on any atom is -0.497 e. The Kier molecular flexibility index (Phi) is 9.26. The van der Waals surface area contributed by atoms with Gasteiger partial charge in [-0.15, -0.1) is 11.3 Å². The maximum atomic E-state index is 14.2. The van der Waals surface area contributed by atoms with Crippen LogP contribution in [0.4, 0.5) is 27.0 Å². The van der Waals surface area contributed by atoms with E-state index in [-0.39, 0.29) is 17.5 Å². The summed E-state index contributed by atoms with van der Waals surface area (Å²) in [6.45, 7) is 7.50. The van der Waals surface area contributed by atoms with Crippen molar-refractivity contribution >= 4 is 55.2 Å². The Morgan fingerprint density at radius 3 is 2.50 bits per heavy atom. The molecular formula is C35H39N5O6S2. The van der Waals surface area contributed by atoms with Crippen LogP contribution in [0, 0.1) is 0 Å². The predicted molar refractivity (Wildman–Crippen MR) is 189 cm³/mol. The molecular weight excluding hydrogens is 651 g/mol. The number of aromatic nitrogens is 1. The molecule has 0 bridgehead atoms. The van der Waals surface area contributed by atoms with E-state index in [1.54, 1.807) is 53.9 Å². The fourth-order valence-corrected chi connectivity index (χ4v) is 7.97. The monoisotopic (exact) mass is 689 g/mol. The topological polar surface area (TPSA) is 128 Å². The van der Waals surface area contributed by atoms with Gasteiger partial charge in [0.05, 0.1) is 30.8 Å². The predicted octanol–water partition coefficient (Wildman–Crippen LogP) is 6.68. The van der Waals surface area contributed by atoms with Gasteiger partial charge in [-0.05, 0) is 80.8 Å². The lowest BCUT2D eigenvalue weighted by Gasteiger charge is -2.35. The van der Waals surface area contributed by atoms with Crippen LogP contribution in [0.1, 0.15) is 38.3 Å². The Labute approximate surface area is 285 Å². The number of hydrogen-bond donors (Lipinski definition) is 1. The van der Waals surface area contributed by atoms with Crippen LogP contribution < -0.4 is 24.4 Å². The number of nitrogens with two attached hydrogens (primary N) is 1. The van der Waals surface area contributed by atoms with Gasteiger partial charge >= 0.3 is 6.09 Å². The lowest BCUT2D eigenvalue weighted by molar-refractivity contribution is 0.0270. The minimum atomic E-state index is -4.02. The summed E-state index contributed by atoms with van der Waals surface area (Å²) in [6, 6.07) is 18.0. The van der Waals surface area contributed by atoms with E-state index < -0.39 is 15.6 Å². The summed E-state index contributed by atoms with van der Waals surface area (Å²) in [6.07, 6.45) is 3.92.